The number of aromatic hydroxyl groups is 2. The summed E-state index contributed by atoms with van der Waals surface area (Å²) in [4.78, 5) is 9.12. The zero-order valence-electron chi connectivity index (χ0n) is 23.9. The Bertz CT molecular complexity index is 1770. The van der Waals surface area contributed by atoms with Crippen LogP contribution in [0.5, 0.6) is 23.0 Å². The lowest BCUT2D eigenvalue weighted by Crippen LogP contribution is -1.92. The predicted molar refractivity (Wildman–Crippen MR) is 175 cm³/mol. The Morgan fingerprint density at radius 3 is 1.71 bits per heavy atom. The summed E-state index contributed by atoms with van der Waals surface area (Å²) in [6.07, 6.45) is 1.18. The lowest BCUT2D eigenvalue weighted by molar-refractivity contribution is 0.416. The van der Waals surface area contributed by atoms with Gasteiger partial charge in [-0.25, -0.2) is 9.97 Å². The van der Waals surface area contributed by atoms with Crippen LogP contribution in [0.1, 0.15) is 13.3 Å². The van der Waals surface area contributed by atoms with Crippen LogP contribution in [0.15, 0.2) is 109 Å². The molecule has 0 aliphatic heterocycles. The molecule has 0 spiro atoms. The highest BCUT2D eigenvalue weighted by Gasteiger charge is 2.10. The molecule has 0 saturated heterocycles. The van der Waals surface area contributed by atoms with E-state index in [1.165, 1.54) is 6.42 Å². The Morgan fingerprint density at radius 1 is 0.571 bits per heavy atom. The lowest BCUT2D eigenvalue weighted by atomic mass is 10.1. The van der Waals surface area contributed by atoms with Crippen molar-refractivity contribution < 1.29 is 19.7 Å². The van der Waals surface area contributed by atoms with Gasteiger partial charge >= 0.3 is 0 Å². The van der Waals surface area contributed by atoms with Crippen LogP contribution < -0.4 is 9.47 Å². The number of hydrogen-bond acceptors (Lipinski definition) is 7. The fourth-order valence-corrected chi connectivity index (χ4v) is 4.26. The molecule has 2 heterocycles. The van der Waals surface area contributed by atoms with Crippen LogP contribution in [0, 0.1) is 0 Å². The summed E-state index contributed by atoms with van der Waals surface area (Å²) in [5, 5.41) is 21.5. The molecule has 2 N–H and O–H groups in total. The van der Waals surface area contributed by atoms with Crippen LogP contribution in [-0.4, -0.2) is 40.2 Å². The van der Waals surface area contributed by atoms with E-state index in [4.69, 9.17) is 14.5 Å². The van der Waals surface area contributed by atoms with Crippen LogP contribution >= 0.6 is 12.6 Å². The number of aromatic nitrogens is 2. The monoisotopic (exact) mass is 578 g/mol. The molecule has 0 bridgehead atoms. The zero-order valence-corrected chi connectivity index (χ0v) is 24.8. The lowest BCUT2D eigenvalue weighted by Gasteiger charge is -2.10. The van der Waals surface area contributed by atoms with E-state index in [1.54, 1.807) is 44.6 Å². The third kappa shape index (κ3) is 7.11. The van der Waals surface area contributed by atoms with Gasteiger partial charge in [-0.05, 0) is 60.7 Å². The molecule has 0 radical (unpaired) electrons. The van der Waals surface area contributed by atoms with Crippen LogP contribution in [0.25, 0.3) is 44.3 Å². The first-order chi connectivity index (χ1) is 20.5. The summed E-state index contributed by atoms with van der Waals surface area (Å²) in [5.74, 6) is 2.93. The van der Waals surface area contributed by atoms with Crippen molar-refractivity contribution in [1.82, 2.24) is 9.97 Å². The molecule has 0 amide bonds. The maximum atomic E-state index is 9.80. The smallest absolute Gasteiger partial charge is 0.145 e. The molecule has 0 atom stereocenters. The van der Waals surface area contributed by atoms with E-state index in [0.29, 0.717) is 16.8 Å². The second-order valence-corrected chi connectivity index (χ2v) is 9.66. The Hall–Kier alpha value is -4.75. The van der Waals surface area contributed by atoms with Gasteiger partial charge in [0.2, 0.25) is 0 Å². The molecule has 214 valence electrons. The highest BCUT2D eigenvalue weighted by molar-refractivity contribution is 7.80. The van der Waals surface area contributed by atoms with Gasteiger partial charge in [0.15, 0.2) is 0 Å². The second-order valence-electron chi connectivity index (χ2n) is 9.21. The molecule has 0 unspecified atom stereocenters. The van der Waals surface area contributed by atoms with Crippen molar-refractivity contribution in [1.29, 1.82) is 0 Å². The van der Waals surface area contributed by atoms with Crippen LogP contribution in [0.2, 0.25) is 0 Å². The van der Waals surface area contributed by atoms with Crippen LogP contribution in [0.3, 0.4) is 0 Å². The first-order valence-corrected chi connectivity index (χ1v) is 14.2. The SMILES string of the molecule is CCCS.COc1ccccc1-c1ccc2cccc(OC)c2n1.Oc1ccccc1-c1ccc2cccc(O)c2n1. The predicted octanol–water partition coefficient (Wildman–Crippen LogP) is 8.56. The molecule has 6 aromatic rings. The highest BCUT2D eigenvalue weighted by atomic mass is 32.1. The average molecular weight is 579 g/mol. The first kappa shape index (κ1) is 30.2. The molecule has 7 heteroatoms. The number of para-hydroxylation sites is 4. The largest absolute Gasteiger partial charge is 0.507 e. The van der Waals surface area contributed by atoms with Gasteiger partial charge in [-0.15, -0.1) is 0 Å². The first-order valence-electron chi connectivity index (χ1n) is 13.6. The Balaban J connectivity index is 0.000000172. The number of phenols is 2. The number of pyridine rings is 2. The fourth-order valence-electron chi connectivity index (χ4n) is 4.26. The molecule has 42 heavy (non-hydrogen) atoms. The minimum atomic E-state index is 0.143. The zero-order chi connectivity index (χ0) is 29.9. The van der Waals surface area contributed by atoms with E-state index in [2.05, 4.69) is 24.5 Å². The number of phenolic OH excluding ortho intramolecular Hbond substituents is 2. The molecule has 0 fully saturated rings. The van der Waals surface area contributed by atoms with Gasteiger partial charge in [0.25, 0.3) is 0 Å². The van der Waals surface area contributed by atoms with Gasteiger partial charge in [-0.3, -0.25) is 0 Å². The van der Waals surface area contributed by atoms with Gasteiger partial charge < -0.3 is 19.7 Å². The second kappa shape index (κ2) is 14.8. The standard InChI is InChI=1S/C17H15NO2.C15H11NO2.C3H8S/c1-19-15-8-4-3-7-13(15)14-11-10-12-6-5-9-16(20-2)17(12)18-14;17-13-6-2-1-5-11(13)12-9-8-10-4-3-7-14(18)15(10)16-12;1-2-3-4/h3-11H,1-2H3;1-9,17-18H;4H,2-3H2,1H3. The number of ether oxygens (including phenoxy) is 2. The molecule has 2 aromatic heterocycles. The summed E-state index contributed by atoms with van der Waals surface area (Å²) in [7, 11) is 3.33. The quantitative estimate of drug-likeness (QED) is 0.178. The van der Waals surface area contributed by atoms with Crippen molar-refractivity contribution in [3.05, 3.63) is 109 Å². The number of hydrogen-bond donors (Lipinski definition) is 3. The molecule has 4 aromatic carbocycles. The molecular weight excluding hydrogens is 544 g/mol. The van der Waals surface area contributed by atoms with Gasteiger partial charge in [0.1, 0.15) is 34.0 Å². The Labute approximate surface area is 251 Å². The number of fused-ring (bicyclic) bond motifs is 2. The van der Waals surface area contributed by atoms with E-state index in [0.717, 1.165) is 44.8 Å². The van der Waals surface area contributed by atoms with E-state index in [9.17, 15) is 10.2 Å². The van der Waals surface area contributed by atoms with E-state index in [-0.39, 0.29) is 11.5 Å². The summed E-state index contributed by atoms with van der Waals surface area (Å²) in [6.45, 7) is 2.10. The van der Waals surface area contributed by atoms with Gasteiger partial charge in [0, 0.05) is 21.9 Å². The maximum absolute atomic E-state index is 9.80. The van der Waals surface area contributed by atoms with Crippen molar-refractivity contribution in [3.63, 3.8) is 0 Å². The maximum Gasteiger partial charge on any atom is 0.145 e. The fraction of sp³-hybridized carbons (Fsp3) is 0.143. The third-order valence-electron chi connectivity index (χ3n) is 6.39. The van der Waals surface area contributed by atoms with E-state index in [1.807, 2.05) is 78.9 Å². The van der Waals surface area contributed by atoms with Crippen molar-refractivity contribution in [2.45, 2.75) is 13.3 Å². The van der Waals surface area contributed by atoms with Crippen LogP contribution in [0.4, 0.5) is 0 Å². The molecule has 0 saturated carbocycles. The van der Waals surface area contributed by atoms with Crippen molar-refractivity contribution >= 4 is 34.4 Å². The number of benzene rings is 4. The Morgan fingerprint density at radius 2 is 1.07 bits per heavy atom. The summed E-state index contributed by atoms with van der Waals surface area (Å²) in [5.41, 5.74) is 4.55. The number of thiol groups is 1. The molecule has 0 aliphatic rings. The molecule has 0 aliphatic carbocycles. The average Bonchev–Trinajstić information content (AvgIpc) is 3.05. The number of nitrogens with zero attached hydrogens (tertiary/aromatic N) is 2. The normalized spacial score (nSPS) is 10.3. The third-order valence-corrected chi connectivity index (χ3v) is 6.84. The molecule has 6 rings (SSSR count). The Kier molecular flexibility index (Phi) is 10.6. The van der Waals surface area contributed by atoms with Crippen molar-refractivity contribution in [2.75, 3.05) is 20.0 Å². The molecule has 6 nitrogen and oxygen atoms in total. The van der Waals surface area contributed by atoms with Gasteiger partial charge in [-0.1, -0.05) is 67.6 Å². The number of rotatable bonds is 5. The number of methoxy groups -OCH3 is 2. The highest BCUT2D eigenvalue weighted by Crippen LogP contribution is 2.32. The minimum absolute atomic E-state index is 0.143. The summed E-state index contributed by atoms with van der Waals surface area (Å²) < 4.78 is 10.8. The summed E-state index contributed by atoms with van der Waals surface area (Å²) >= 11 is 3.92. The topological polar surface area (TPSA) is 84.7 Å². The molecular formula is C35H34N2O4S. The van der Waals surface area contributed by atoms with Gasteiger partial charge in [0.05, 0.1) is 25.6 Å². The minimum Gasteiger partial charge on any atom is -0.507 e. The van der Waals surface area contributed by atoms with Crippen LogP contribution in [-0.2, 0) is 0 Å². The summed E-state index contributed by atoms with van der Waals surface area (Å²) in [6, 6.07) is 33.8. The van der Waals surface area contributed by atoms with Gasteiger partial charge in [-0.2, -0.15) is 12.6 Å². The van der Waals surface area contributed by atoms with E-state index < -0.39 is 0 Å². The van der Waals surface area contributed by atoms with Crippen molar-refractivity contribution in [3.8, 4) is 45.5 Å². The van der Waals surface area contributed by atoms with E-state index >= 15 is 0 Å². The van der Waals surface area contributed by atoms with Crippen molar-refractivity contribution in [2.24, 2.45) is 0 Å².